The Labute approximate surface area is 111 Å². The van der Waals surface area contributed by atoms with Crippen LogP contribution in [0.1, 0.15) is 40.0 Å². The van der Waals surface area contributed by atoms with Gasteiger partial charge in [0.1, 0.15) is 0 Å². The van der Waals surface area contributed by atoms with Crippen LogP contribution in [-0.2, 0) is 0 Å². The monoisotopic (exact) mass is 256 g/mol. The molecule has 2 rings (SSSR count). The van der Waals surface area contributed by atoms with Crippen LogP contribution >= 0.6 is 11.8 Å². The Balaban J connectivity index is 1.85. The van der Waals surface area contributed by atoms with Gasteiger partial charge in [0.15, 0.2) is 0 Å². The fraction of sp³-hybridized carbons (Fsp3) is 1.00. The number of nitrogens with zero attached hydrogens (tertiary/aromatic N) is 1. The number of hydrogen-bond acceptors (Lipinski definition) is 3. The first kappa shape index (κ1) is 13.7. The van der Waals surface area contributed by atoms with E-state index in [-0.39, 0.29) is 0 Å². The van der Waals surface area contributed by atoms with Crippen LogP contribution in [0, 0.1) is 5.92 Å². The molecule has 0 saturated carbocycles. The van der Waals surface area contributed by atoms with Crippen LogP contribution in [0.5, 0.6) is 0 Å². The second-order valence-corrected chi connectivity index (χ2v) is 7.25. The maximum atomic E-state index is 3.73. The second kappa shape index (κ2) is 6.44. The van der Waals surface area contributed by atoms with E-state index in [0.717, 1.165) is 17.2 Å². The summed E-state index contributed by atoms with van der Waals surface area (Å²) < 4.78 is 0. The van der Waals surface area contributed by atoms with Crippen molar-refractivity contribution in [1.29, 1.82) is 0 Å². The average molecular weight is 256 g/mol. The van der Waals surface area contributed by atoms with Gasteiger partial charge in [0.2, 0.25) is 0 Å². The van der Waals surface area contributed by atoms with E-state index in [2.05, 4.69) is 42.7 Å². The van der Waals surface area contributed by atoms with Crippen molar-refractivity contribution in [1.82, 2.24) is 10.2 Å². The first-order valence-electron chi connectivity index (χ1n) is 7.29. The highest BCUT2D eigenvalue weighted by Gasteiger charge is 2.29. The molecule has 2 aliphatic heterocycles. The Morgan fingerprint density at radius 3 is 2.94 bits per heavy atom. The number of thioether (sulfide) groups is 1. The Hall–Kier alpha value is 0.270. The normalized spacial score (nSPS) is 37.2. The van der Waals surface area contributed by atoms with Gasteiger partial charge in [-0.3, -0.25) is 4.90 Å². The summed E-state index contributed by atoms with van der Waals surface area (Å²) in [5.41, 5.74) is 0. The molecule has 17 heavy (non-hydrogen) atoms. The minimum absolute atomic E-state index is 0.711. The van der Waals surface area contributed by atoms with Gasteiger partial charge in [0.25, 0.3) is 0 Å². The molecule has 0 aromatic heterocycles. The first-order valence-corrected chi connectivity index (χ1v) is 8.34. The molecule has 1 N–H and O–H groups in total. The zero-order valence-electron chi connectivity index (χ0n) is 11.6. The number of nitrogens with one attached hydrogen (secondary N) is 1. The Morgan fingerprint density at radius 2 is 2.29 bits per heavy atom. The van der Waals surface area contributed by atoms with Crippen LogP contribution in [0.15, 0.2) is 0 Å². The molecule has 0 bridgehead atoms. The first-order chi connectivity index (χ1) is 8.20. The predicted molar refractivity (Wildman–Crippen MR) is 77.8 cm³/mol. The molecule has 4 atom stereocenters. The lowest BCUT2D eigenvalue weighted by molar-refractivity contribution is 0.119. The summed E-state index contributed by atoms with van der Waals surface area (Å²) in [6.45, 7) is 10.8. The lowest BCUT2D eigenvalue weighted by Crippen LogP contribution is -2.58. The lowest BCUT2D eigenvalue weighted by Gasteiger charge is -2.42. The second-order valence-electron chi connectivity index (χ2n) is 5.84. The summed E-state index contributed by atoms with van der Waals surface area (Å²) >= 11 is 2.19. The van der Waals surface area contributed by atoms with Gasteiger partial charge in [-0.05, 0) is 31.4 Å². The van der Waals surface area contributed by atoms with Crippen LogP contribution in [0.2, 0.25) is 0 Å². The van der Waals surface area contributed by atoms with Crippen LogP contribution < -0.4 is 5.32 Å². The summed E-state index contributed by atoms with van der Waals surface area (Å²) in [4.78, 5) is 2.73. The summed E-state index contributed by atoms with van der Waals surface area (Å²) in [7, 11) is 0. The predicted octanol–water partition coefficient (Wildman–Crippen LogP) is 2.59. The molecule has 0 aromatic carbocycles. The Kier molecular flexibility index (Phi) is 5.19. The maximum Gasteiger partial charge on any atom is 0.0221 e. The van der Waals surface area contributed by atoms with Crippen molar-refractivity contribution in [3.05, 3.63) is 0 Å². The van der Waals surface area contributed by atoms with Crippen molar-refractivity contribution in [3.63, 3.8) is 0 Å². The van der Waals surface area contributed by atoms with Crippen molar-refractivity contribution in [2.24, 2.45) is 5.92 Å². The molecule has 0 aliphatic carbocycles. The third-order valence-electron chi connectivity index (χ3n) is 4.52. The SMILES string of the molecule is CCC(C)C1CN(CC2CCCS2)C(C)CN1. The van der Waals surface area contributed by atoms with Crippen molar-refractivity contribution in [2.75, 3.05) is 25.4 Å². The van der Waals surface area contributed by atoms with Crippen molar-refractivity contribution in [2.45, 2.75) is 57.4 Å². The third-order valence-corrected chi connectivity index (χ3v) is 5.90. The largest absolute Gasteiger partial charge is 0.311 e. The molecule has 2 heterocycles. The Morgan fingerprint density at radius 1 is 1.47 bits per heavy atom. The number of hydrogen-bond donors (Lipinski definition) is 1. The van der Waals surface area contributed by atoms with Crippen molar-refractivity contribution < 1.29 is 0 Å². The molecule has 3 heteroatoms. The van der Waals surface area contributed by atoms with Crippen molar-refractivity contribution >= 4 is 11.8 Å². The minimum Gasteiger partial charge on any atom is -0.311 e. The quantitative estimate of drug-likeness (QED) is 0.832. The third kappa shape index (κ3) is 3.62. The van der Waals surface area contributed by atoms with E-state index in [4.69, 9.17) is 0 Å². The minimum atomic E-state index is 0.711. The summed E-state index contributed by atoms with van der Waals surface area (Å²) in [5.74, 6) is 2.20. The van der Waals surface area contributed by atoms with Crippen LogP contribution in [0.3, 0.4) is 0 Å². The van der Waals surface area contributed by atoms with E-state index in [1.54, 1.807) is 0 Å². The summed E-state index contributed by atoms with van der Waals surface area (Å²) in [6.07, 6.45) is 4.16. The van der Waals surface area contributed by atoms with E-state index in [9.17, 15) is 0 Å². The average Bonchev–Trinajstić information content (AvgIpc) is 2.84. The molecule has 4 unspecified atom stereocenters. The van der Waals surface area contributed by atoms with Gasteiger partial charge >= 0.3 is 0 Å². The van der Waals surface area contributed by atoms with Gasteiger partial charge in [0, 0.05) is 37.0 Å². The molecular formula is C14H28N2S. The van der Waals surface area contributed by atoms with E-state index in [1.807, 2.05) is 0 Å². The van der Waals surface area contributed by atoms with Crippen molar-refractivity contribution in [3.8, 4) is 0 Å². The fourth-order valence-electron chi connectivity index (χ4n) is 2.92. The number of piperazine rings is 1. The van der Waals surface area contributed by atoms with Gasteiger partial charge in [-0.15, -0.1) is 0 Å². The maximum absolute atomic E-state index is 3.73. The molecular weight excluding hydrogens is 228 g/mol. The van der Waals surface area contributed by atoms with Crippen LogP contribution in [0.4, 0.5) is 0 Å². The lowest BCUT2D eigenvalue weighted by atomic mass is 9.95. The summed E-state index contributed by atoms with van der Waals surface area (Å²) in [6, 6.07) is 1.43. The standard InChI is InChI=1S/C14H28N2S/c1-4-11(2)14-10-16(12(3)8-15-14)9-13-6-5-7-17-13/h11-15H,4-10H2,1-3H3. The molecule has 100 valence electrons. The Bertz CT molecular complexity index is 228. The van der Waals surface area contributed by atoms with Gasteiger partial charge in [-0.1, -0.05) is 20.3 Å². The fourth-order valence-corrected chi connectivity index (χ4v) is 4.22. The van der Waals surface area contributed by atoms with E-state index in [0.29, 0.717) is 6.04 Å². The molecule has 0 radical (unpaired) electrons. The van der Waals surface area contributed by atoms with Gasteiger partial charge in [-0.25, -0.2) is 0 Å². The highest BCUT2D eigenvalue weighted by molar-refractivity contribution is 8.00. The summed E-state index contributed by atoms with van der Waals surface area (Å²) in [5, 5.41) is 4.64. The molecule has 0 amide bonds. The molecule has 0 spiro atoms. The van der Waals surface area contributed by atoms with E-state index < -0.39 is 0 Å². The molecule has 2 saturated heterocycles. The number of rotatable bonds is 4. The molecule has 2 nitrogen and oxygen atoms in total. The smallest absolute Gasteiger partial charge is 0.0221 e. The van der Waals surface area contributed by atoms with Gasteiger partial charge < -0.3 is 5.32 Å². The zero-order valence-corrected chi connectivity index (χ0v) is 12.4. The van der Waals surface area contributed by atoms with Gasteiger partial charge in [0.05, 0.1) is 0 Å². The molecule has 2 aliphatic rings. The molecule has 2 fully saturated rings. The topological polar surface area (TPSA) is 15.3 Å². The molecule has 0 aromatic rings. The van der Waals surface area contributed by atoms with Crippen LogP contribution in [-0.4, -0.2) is 47.6 Å². The highest BCUT2D eigenvalue weighted by Crippen LogP contribution is 2.28. The van der Waals surface area contributed by atoms with E-state index >= 15 is 0 Å². The van der Waals surface area contributed by atoms with E-state index in [1.165, 1.54) is 44.6 Å². The zero-order chi connectivity index (χ0) is 12.3. The highest BCUT2D eigenvalue weighted by atomic mass is 32.2. The van der Waals surface area contributed by atoms with Gasteiger partial charge in [-0.2, -0.15) is 11.8 Å². The van der Waals surface area contributed by atoms with Crippen LogP contribution in [0.25, 0.3) is 0 Å².